The summed E-state index contributed by atoms with van der Waals surface area (Å²) in [5.74, 6) is -0.0608. The average molecular weight is 241 g/mol. The summed E-state index contributed by atoms with van der Waals surface area (Å²) in [6, 6.07) is 3.44. The first-order valence-electron chi connectivity index (χ1n) is 4.53. The Hall–Kier alpha value is -1.13. The summed E-state index contributed by atoms with van der Waals surface area (Å²) >= 11 is 7.26. The molecule has 0 spiro atoms. The van der Waals surface area contributed by atoms with Crippen LogP contribution in [0.2, 0.25) is 5.02 Å². The van der Waals surface area contributed by atoms with Crippen molar-refractivity contribution in [2.45, 2.75) is 13.5 Å². The monoisotopic (exact) mass is 240 g/mol. The van der Waals surface area contributed by atoms with Crippen molar-refractivity contribution < 1.29 is 4.79 Å². The van der Waals surface area contributed by atoms with Crippen LogP contribution >= 0.6 is 22.9 Å². The fourth-order valence-corrected chi connectivity index (χ4v) is 2.44. The summed E-state index contributed by atoms with van der Waals surface area (Å²) in [6.07, 6.45) is 1.62. The van der Waals surface area contributed by atoms with Crippen LogP contribution in [0.4, 0.5) is 0 Å². The number of rotatable bonds is 3. The Kier molecular flexibility index (Phi) is 2.88. The van der Waals surface area contributed by atoms with Crippen LogP contribution in [-0.2, 0) is 6.54 Å². The predicted octanol–water partition coefficient (Wildman–Crippen LogP) is 2.85. The molecular formula is C10H9ClN2OS. The fourth-order valence-electron chi connectivity index (χ4n) is 1.35. The second-order valence-corrected chi connectivity index (χ2v) is 4.28. The summed E-state index contributed by atoms with van der Waals surface area (Å²) in [5.41, 5.74) is 0.585. The summed E-state index contributed by atoms with van der Waals surface area (Å²) in [5, 5.41) is 6.37. The molecule has 78 valence electrons. The maximum absolute atomic E-state index is 12.0. The van der Waals surface area contributed by atoms with Crippen molar-refractivity contribution >= 4 is 28.7 Å². The zero-order valence-corrected chi connectivity index (χ0v) is 9.68. The van der Waals surface area contributed by atoms with Crippen molar-refractivity contribution in [1.29, 1.82) is 0 Å². The molecule has 2 aromatic rings. The van der Waals surface area contributed by atoms with Gasteiger partial charge in [-0.3, -0.25) is 9.48 Å². The molecule has 2 rings (SSSR count). The largest absolute Gasteiger partial charge is 0.286 e. The fraction of sp³-hybridized carbons (Fsp3) is 0.200. The quantitative estimate of drug-likeness (QED) is 0.774. The third kappa shape index (κ3) is 1.82. The van der Waals surface area contributed by atoms with E-state index in [1.807, 2.05) is 12.3 Å². The van der Waals surface area contributed by atoms with Crippen LogP contribution in [0, 0.1) is 0 Å². The molecule has 0 saturated carbocycles. The number of aromatic nitrogens is 2. The molecule has 15 heavy (non-hydrogen) atoms. The van der Waals surface area contributed by atoms with E-state index in [1.54, 1.807) is 23.0 Å². The van der Waals surface area contributed by atoms with Crippen LogP contribution in [0.15, 0.2) is 23.7 Å². The van der Waals surface area contributed by atoms with Gasteiger partial charge >= 0.3 is 0 Å². The maximum atomic E-state index is 12.0. The van der Waals surface area contributed by atoms with Gasteiger partial charge in [0.15, 0.2) is 0 Å². The lowest BCUT2D eigenvalue weighted by atomic mass is 10.2. The molecule has 0 aromatic carbocycles. The Morgan fingerprint density at radius 3 is 3.00 bits per heavy atom. The van der Waals surface area contributed by atoms with Crippen LogP contribution in [-0.4, -0.2) is 15.6 Å². The highest BCUT2D eigenvalue weighted by Gasteiger charge is 2.17. The van der Waals surface area contributed by atoms with E-state index in [0.29, 0.717) is 22.1 Å². The van der Waals surface area contributed by atoms with E-state index >= 15 is 0 Å². The lowest BCUT2D eigenvalue weighted by Crippen LogP contribution is -2.09. The number of carbonyl (C=O) groups is 1. The van der Waals surface area contributed by atoms with Gasteiger partial charge in [-0.2, -0.15) is 5.10 Å². The molecule has 2 heterocycles. The molecular weight excluding hydrogens is 232 g/mol. The Morgan fingerprint density at radius 1 is 1.60 bits per heavy atom. The van der Waals surface area contributed by atoms with Crippen molar-refractivity contribution in [2.75, 3.05) is 0 Å². The van der Waals surface area contributed by atoms with Crippen molar-refractivity contribution in [2.24, 2.45) is 0 Å². The van der Waals surface area contributed by atoms with Crippen molar-refractivity contribution in [3.8, 4) is 0 Å². The maximum Gasteiger partial charge on any atom is 0.222 e. The molecule has 0 N–H and O–H groups in total. The summed E-state index contributed by atoms with van der Waals surface area (Å²) in [6.45, 7) is 2.62. The molecule has 0 saturated heterocycles. The van der Waals surface area contributed by atoms with E-state index < -0.39 is 0 Å². The van der Waals surface area contributed by atoms with Crippen LogP contribution < -0.4 is 0 Å². The second-order valence-electron chi connectivity index (χ2n) is 2.96. The zero-order valence-electron chi connectivity index (χ0n) is 8.11. The lowest BCUT2D eigenvalue weighted by Gasteiger charge is -2.02. The highest BCUT2D eigenvalue weighted by atomic mass is 35.5. The van der Waals surface area contributed by atoms with Gasteiger partial charge in [0.05, 0.1) is 9.90 Å². The molecule has 0 unspecified atom stereocenters. The SMILES string of the molecule is CCn1nccc1C(=O)c1sccc1Cl. The highest BCUT2D eigenvalue weighted by molar-refractivity contribution is 7.13. The lowest BCUT2D eigenvalue weighted by molar-refractivity contribution is 0.103. The molecule has 0 radical (unpaired) electrons. The number of halogens is 1. The minimum absolute atomic E-state index is 0.0608. The van der Waals surface area contributed by atoms with Crippen LogP contribution in [0.25, 0.3) is 0 Å². The van der Waals surface area contributed by atoms with Crippen LogP contribution in [0.3, 0.4) is 0 Å². The first-order chi connectivity index (χ1) is 7.24. The third-order valence-corrected chi connectivity index (χ3v) is 3.41. The Morgan fingerprint density at radius 2 is 2.40 bits per heavy atom. The van der Waals surface area contributed by atoms with E-state index in [-0.39, 0.29) is 5.78 Å². The van der Waals surface area contributed by atoms with Gasteiger partial charge in [0.25, 0.3) is 0 Å². The molecule has 3 nitrogen and oxygen atoms in total. The summed E-state index contributed by atoms with van der Waals surface area (Å²) in [4.78, 5) is 12.6. The molecule has 2 aromatic heterocycles. The molecule has 0 fully saturated rings. The normalized spacial score (nSPS) is 10.5. The van der Waals surface area contributed by atoms with Gasteiger partial charge in [0.2, 0.25) is 5.78 Å². The third-order valence-electron chi connectivity index (χ3n) is 2.07. The number of nitrogens with zero attached hydrogens (tertiary/aromatic N) is 2. The van der Waals surface area contributed by atoms with Crippen LogP contribution in [0.5, 0.6) is 0 Å². The number of hydrogen-bond acceptors (Lipinski definition) is 3. The van der Waals surface area contributed by atoms with Gasteiger partial charge < -0.3 is 0 Å². The van der Waals surface area contributed by atoms with Gasteiger partial charge in [-0.05, 0) is 24.4 Å². The van der Waals surface area contributed by atoms with E-state index in [0.717, 1.165) is 0 Å². The first kappa shape index (κ1) is 10.4. The summed E-state index contributed by atoms with van der Waals surface area (Å²) in [7, 11) is 0. The molecule has 0 aliphatic carbocycles. The van der Waals surface area contributed by atoms with Crippen molar-refractivity contribution in [3.63, 3.8) is 0 Å². The smallest absolute Gasteiger partial charge is 0.222 e. The summed E-state index contributed by atoms with van der Waals surface area (Å²) < 4.78 is 1.67. The topological polar surface area (TPSA) is 34.9 Å². The molecule has 0 amide bonds. The van der Waals surface area contributed by atoms with Gasteiger partial charge in [-0.25, -0.2) is 0 Å². The van der Waals surface area contributed by atoms with Gasteiger partial charge in [-0.15, -0.1) is 11.3 Å². The zero-order chi connectivity index (χ0) is 10.8. The number of thiophene rings is 1. The molecule has 0 bridgehead atoms. The van der Waals surface area contributed by atoms with Crippen LogP contribution in [0.1, 0.15) is 22.3 Å². The number of hydrogen-bond donors (Lipinski definition) is 0. The van der Waals surface area contributed by atoms with Crippen molar-refractivity contribution in [1.82, 2.24) is 9.78 Å². The molecule has 0 aliphatic heterocycles. The molecule has 0 atom stereocenters. The van der Waals surface area contributed by atoms with E-state index in [1.165, 1.54) is 11.3 Å². The number of carbonyl (C=O) groups excluding carboxylic acids is 1. The second kappa shape index (κ2) is 4.16. The van der Waals surface area contributed by atoms with E-state index in [4.69, 9.17) is 11.6 Å². The standard InChI is InChI=1S/C10H9ClN2OS/c1-2-13-8(3-5-12-13)9(14)10-7(11)4-6-15-10/h3-6H,2H2,1H3. The van der Waals surface area contributed by atoms with E-state index in [9.17, 15) is 4.79 Å². The Labute approximate surface area is 96.3 Å². The molecule has 5 heteroatoms. The minimum atomic E-state index is -0.0608. The number of aryl methyl sites for hydroxylation is 1. The minimum Gasteiger partial charge on any atom is -0.286 e. The van der Waals surface area contributed by atoms with Gasteiger partial charge in [0.1, 0.15) is 5.69 Å². The Balaban J connectivity index is 2.41. The van der Waals surface area contributed by atoms with E-state index in [2.05, 4.69) is 5.10 Å². The van der Waals surface area contributed by atoms with Gasteiger partial charge in [0, 0.05) is 12.7 Å². The highest BCUT2D eigenvalue weighted by Crippen LogP contribution is 2.24. The molecule has 0 aliphatic rings. The predicted molar refractivity (Wildman–Crippen MR) is 60.7 cm³/mol. The first-order valence-corrected chi connectivity index (χ1v) is 5.79. The Bertz CT molecular complexity index is 489. The average Bonchev–Trinajstić information content (AvgIpc) is 2.84. The number of ketones is 1. The van der Waals surface area contributed by atoms with Crippen molar-refractivity contribution in [3.05, 3.63) is 39.3 Å². The van der Waals surface area contributed by atoms with Gasteiger partial charge in [-0.1, -0.05) is 11.6 Å².